The summed E-state index contributed by atoms with van der Waals surface area (Å²) in [6.07, 6.45) is 1.79. The molecule has 3 aromatic carbocycles. The van der Waals surface area contributed by atoms with Gasteiger partial charge in [0.2, 0.25) is 0 Å². The van der Waals surface area contributed by atoms with Gasteiger partial charge < -0.3 is 0 Å². The SMILES string of the molecule is O=C1S/C(=C\c2ccccc2Sc2ccc(Cl)cc2)C(=O)N1Cc1ccccc1Br. The average Bonchev–Trinajstić information content (AvgIpc) is 3.00. The number of hydrogen-bond donors (Lipinski definition) is 0. The predicted octanol–water partition coefficient (Wildman–Crippen LogP) is 7.49. The maximum atomic E-state index is 12.9. The number of amides is 2. The zero-order valence-electron chi connectivity index (χ0n) is 15.5. The van der Waals surface area contributed by atoms with Gasteiger partial charge in [-0.1, -0.05) is 75.7 Å². The quantitative estimate of drug-likeness (QED) is 0.329. The van der Waals surface area contributed by atoms with Crippen LogP contribution in [0.1, 0.15) is 11.1 Å². The van der Waals surface area contributed by atoms with E-state index in [-0.39, 0.29) is 17.7 Å². The molecule has 1 aliphatic rings. The van der Waals surface area contributed by atoms with E-state index in [0.717, 1.165) is 37.2 Å². The van der Waals surface area contributed by atoms with Gasteiger partial charge in [-0.05, 0) is 65.4 Å². The first-order valence-corrected chi connectivity index (χ1v) is 11.8. The number of thioether (sulfide) groups is 1. The van der Waals surface area contributed by atoms with Crippen molar-refractivity contribution in [2.75, 3.05) is 0 Å². The fraction of sp³-hybridized carbons (Fsp3) is 0.0435. The lowest BCUT2D eigenvalue weighted by Gasteiger charge is -2.13. The second-order valence-corrected chi connectivity index (χ2v) is 9.85. The fourth-order valence-corrected chi connectivity index (χ4v) is 5.18. The van der Waals surface area contributed by atoms with Crippen molar-refractivity contribution in [2.24, 2.45) is 0 Å². The molecule has 1 heterocycles. The van der Waals surface area contributed by atoms with Crippen LogP contribution in [0.15, 0.2) is 92.0 Å². The number of halogens is 2. The monoisotopic (exact) mass is 515 g/mol. The minimum atomic E-state index is -0.271. The van der Waals surface area contributed by atoms with Gasteiger partial charge in [-0.3, -0.25) is 14.5 Å². The van der Waals surface area contributed by atoms with E-state index in [1.807, 2.05) is 72.8 Å². The van der Waals surface area contributed by atoms with Gasteiger partial charge in [0, 0.05) is 19.3 Å². The van der Waals surface area contributed by atoms with Crippen LogP contribution in [0.4, 0.5) is 4.79 Å². The molecular formula is C23H15BrClNO2S2. The molecule has 0 N–H and O–H groups in total. The highest BCUT2D eigenvalue weighted by Gasteiger charge is 2.35. The molecule has 0 spiro atoms. The normalized spacial score (nSPS) is 15.3. The molecule has 0 atom stereocenters. The van der Waals surface area contributed by atoms with Crippen molar-refractivity contribution < 1.29 is 9.59 Å². The topological polar surface area (TPSA) is 37.4 Å². The Bertz CT molecular complexity index is 1150. The van der Waals surface area contributed by atoms with E-state index in [1.165, 1.54) is 4.90 Å². The Labute approximate surface area is 196 Å². The van der Waals surface area contributed by atoms with E-state index >= 15 is 0 Å². The first-order chi connectivity index (χ1) is 14.5. The lowest BCUT2D eigenvalue weighted by Crippen LogP contribution is -2.27. The van der Waals surface area contributed by atoms with Gasteiger partial charge in [-0.25, -0.2) is 0 Å². The number of carbonyl (C=O) groups is 2. The minimum Gasteiger partial charge on any atom is -0.268 e. The minimum absolute atomic E-state index is 0.241. The maximum absolute atomic E-state index is 12.9. The molecule has 0 bridgehead atoms. The van der Waals surface area contributed by atoms with Crippen LogP contribution in [0.25, 0.3) is 6.08 Å². The van der Waals surface area contributed by atoms with E-state index < -0.39 is 0 Å². The lowest BCUT2D eigenvalue weighted by atomic mass is 10.2. The van der Waals surface area contributed by atoms with Crippen LogP contribution in [0.2, 0.25) is 5.02 Å². The van der Waals surface area contributed by atoms with Gasteiger partial charge in [0.15, 0.2) is 0 Å². The van der Waals surface area contributed by atoms with Gasteiger partial charge in [0.05, 0.1) is 11.4 Å². The lowest BCUT2D eigenvalue weighted by molar-refractivity contribution is -0.123. The summed E-state index contributed by atoms with van der Waals surface area (Å²) in [7, 11) is 0. The number of carbonyl (C=O) groups excluding carboxylic acids is 2. The molecule has 3 nitrogen and oxygen atoms in total. The summed E-state index contributed by atoms with van der Waals surface area (Å²) in [6, 6.07) is 23.0. The Morgan fingerprint density at radius 2 is 1.67 bits per heavy atom. The number of benzene rings is 3. The summed E-state index contributed by atoms with van der Waals surface area (Å²) in [6.45, 7) is 0.241. The number of rotatable bonds is 5. The largest absolute Gasteiger partial charge is 0.293 e. The smallest absolute Gasteiger partial charge is 0.268 e. The molecule has 1 aliphatic heterocycles. The molecule has 0 aromatic heterocycles. The first-order valence-electron chi connectivity index (χ1n) is 9.02. The summed E-state index contributed by atoms with van der Waals surface area (Å²) in [5, 5.41) is 0.427. The van der Waals surface area contributed by atoms with Gasteiger partial charge in [0.25, 0.3) is 11.1 Å². The highest BCUT2D eigenvalue weighted by atomic mass is 79.9. The zero-order valence-corrected chi connectivity index (χ0v) is 19.5. The third kappa shape index (κ3) is 4.83. The standard InChI is InChI=1S/C23H15BrClNO2S2/c24-19-7-3-1-6-16(19)14-26-22(27)21(30-23(26)28)13-15-5-2-4-8-20(15)29-18-11-9-17(25)10-12-18/h1-13H,14H2/b21-13-. The molecule has 30 heavy (non-hydrogen) atoms. The molecule has 0 unspecified atom stereocenters. The Morgan fingerprint density at radius 1 is 0.967 bits per heavy atom. The number of nitrogens with zero attached hydrogens (tertiary/aromatic N) is 1. The predicted molar refractivity (Wildman–Crippen MR) is 128 cm³/mol. The highest BCUT2D eigenvalue weighted by Crippen LogP contribution is 2.37. The van der Waals surface area contributed by atoms with E-state index in [4.69, 9.17) is 11.6 Å². The molecule has 2 amide bonds. The van der Waals surface area contributed by atoms with Crippen molar-refractivity contribution >= 4 is 68.3 Å². The first kappa shape index (κ1) is 21.2. The van der Waals surface area contributed by atoms with E-state index in [2.05, 4.69) is 15.9 Å². The van der Waals surface area contributed by atoms with Gasteiger partial charge in [-0.15, -0.1) is 0 Å². The van der Waals surface area contributed by atoms with Crippen LogP contribution >= 0.6 is 51.1 Å². The molecule has 3 aromatic rings. The summed E-state index contributed by atoms with van der Waals surface area (Å²) >= 11 is 12.0. The van der Waals surface area contributed by atoms with Crippen LogP contribution in [-0.2, 0) is 11.3 Å². The molecule has 1 fully saturated rings. The second-order valence-electron chi connectivity index (χ2n) is 6.45. The Morgan fingerprint density at radius 3 is 2.43 bits per heavy atom. The van der Waals surface area contributed by atoms with Crippen molar-refractivity contribution in [1.29, 1.82) is 0 Å². The van der Waals surface area contributed by atoms with Crippen LogP contribution in [0, 0.1) is 0 Å². The van der Waals surface area contributed by atoms with Crippen molar-refractivity contribution in [3.63, 3.8) is 0 Å². The van der Waals surface area contributed by atoms with Crippen molar-refractivity contribution in [2.45, 2.75) is 16.3 Å². The van der Waals surface area contributed by atoms with Crippen LogP contribution in [-0.4, -0.2) is 16.0 Å². The average molecular weight is 517 g/mol. The van der Waals surface area contributed by atoms with Crippen LogP contribution in [0.5, 0.6) is 0 Å². The Balaban J connectivity index is 1.58. The molecule has 0 radical (unpaired) electrons. The third-order valence-electron chi connectivity index (χ3n) is 4.41. The van der Waals surface area contributed by atoms with E-state index in [1.54, 1.807) is 17.8 Å². The van der Waals surface area contributed by atoms with Gasteiger partial charge >= 0.3 is 0 Å². The second kappa shape index (κ2) is 9.43. The van der Waals surface area contributed by atoms with Crippen molar-refractivity contribution in [3.05, 3.63) is 98.3 Å². The van der Waals surface area contributed by atoms with E-state index in [0.29, 0.717) is 9.93 Å². The molecule has 150 valence electrons. The summed E-state index contributed by atoms with van der Waals surface area (Å²) in [5.41, 5.74) is 1.78. The summed E-state index contributed by atoms with van der Waals surface area (Å²) in [5.74, 6) is -0.271. The van der Waals surface area contributed by atoms with Crippen LogP contribution in [0.3, 0.4) is 0 Å². The van der Waals surface area contributed by atoms with E-state index in [9.17, 15) is 9.59 Å². The van der Waals surface area contributed by atoms with Crippen molar-refractivity contribution in [3.8, 4) is 0 Å². The summed E-state index contributed by atoms with van der Waals surface area (Å²) < 4.78 is 0.873. The highest BCUT2D eigenvalue weighted by molar-refractivity contribution is 9.10. The molecule has 4 rings (SSSR count). The third-order valence-corrected chi connectivity index (χ3v) is 7.44. The zero-order chi connectivity index (χ0) is 21.1. The molecule has 0 aliphatic carbocycles. The Hall–Kier alpha value is -1.99. The summed E-state index contributed by atoms with van der Waals surface area (Å²) in [4.78, 5) is 29.2. The molecule has 7 heteroatoms. The Kier molecular flexibility index (Phi) is 6.68. The van der Waals surface area contributed by atoms with Crippen LogP contribution < -0.4 is 0 Å². The maximum Gasteiger partial charge on any atom is 0.293 e. The molecular weight excluding hydrogens is 502 g/mol. The number of imide groups is 1. The van der Waals surface area contributed by atoms with Gasteiger partial charge in [0.1, 0.15) is 0 Å². The molecule has 0 saturated carbocycles. The fourth-order valence-electron chi connectivity index (χ4n) is 2.90. The van der Waals surface area contributed by atoms with Crippen molar-refractivity contribution in [1.82, 2.24) is 4.90 Å². The molecule has 1 saturated heterocycles. The van der Waals surface area contributed by atoms with Gasteiger partial charge in [-0.2, -0.15) is 0 Å². The number of hydrogen-bond acceptors (Lipinski definition) is 4.